The van der Waals surface area contributed by atoms with Crippen molar-refractivity contribution in [2.75, 3.05) is 4.57 Å². The second kappa shape index (κ2) is 9.75. The summed E-state index contributed by atoms with van der Waals surface area (Å²) < 4.78 is 4.42. The molecule has 0 fully saturated rings. The van der Waals surface area contributed by atoms with Crippen molar-refractivity contribution in [2.45, 2.75) is 79.1 Å². The molecule has 2 aromatic rings. The van der Waals surface area contributed by atoms with E-state index in [1.54, 1.807) is 0 Å². The summed E-state index contributed by atoms with van der Waals surface area (Å²) in [7, 11) is -3.54. The molecule has 0 aromatic heterocycles. The molecule has 32 heavy (non-hydrogen) atoms. The third-order valence-corrected chi connectivity index (χ3v) is 11.1. The SMILES string of the molecule is CC(C)c1cccc(C(C)C)c1N1C=CC=[N+](c2c(C(C)C)cccc2C(C)C)[SiH-]1(Cl)Cl. The molecular formula is C27H38Cl2N2Si. The summed E-state index contributed by atoms with van der Waals surface area (Å²) in [6, 6.07) is 13.2. The predicted octanol–water partition coefficient (Wildman–Crippen LogP) is 8.57. The van der Waals surface area contributed by atoms with Gasteiger partial charge in [0, 0.05) is 0 Å². The van der Waals surface area contributed by atoms with Gasteiger partial charge in [-0.15, -0.1) is 0 Å². The number of nitrogens with zero attached hydrogens (tertiary/aromatic N) is 2. The van der Waals surface area contributed by atoms with E-state index in [4.69, 9.17) is 22.2 Å². The summed E-state index contributed by atoms with van der Waals surface area (Å²) in [5.74, 6) is 1.48. The van der Waals surface area contributed by atoms with Crippen LogP contribution in [0.4, 0.5) is 11.4 Å². The van der Waals surface area contributed by atoms with E-state index in [9.17, 15) is 0 Å². The molecule has 0 aliphatic carbocycles. The number of hydrogen-bond acceptors (Lipinski definition) is 1. The molecule has 0 saturated heterocycles. The van der Waals surface area contributed by atoms with Crippen LogP contribution in [0, 0.1) is 0 Å². The fourth-order valence-corrected chi connectivity index (χ4v) is 8.69. The molecule has 0 radical (unpaired) electrons. The van der Waals surface area contributed by atoms with Gasteiger partial charge in [-0.05, 0) is 0 Å². The number of anilines is 1. The van der Waals surface area contributed by atoms with Gasteiger partial charge < -0.3 is 0 Å². The molecule has 0 spiro atoms. The van der Waals surface area contributed by atoms with Gasteiger partial charge in [0.1, 0.15) is 0 Å². The van der Waals surface area contributed by atoms with Gasteiger partial charge in [0.15, 0.2) is 0 Å². The molecule has 0 saturated carbocycles. The average Bonchev–Trinajstić information content (AvgIpc) is 2.72. The van der Waals surface area contributed by atoms with Crippen molar-refractivity contribution in [3.63, 3.8) is 0 Å². The van der Waals surface area contributed by atoms with Crippen LogP contribution < -0.4 is 4.57 Å². The third-order valence-electron chi connectivity index (χ3n) is 6.36. The molecular weight excluding hydrogens is 451 g/mol. The molecule has 174 valence electrons. The first kappa shape index (κ1) is 25.1. The first-order valence-corrected chi connectivity index (χ1v) is 16.4. The van der Waals surface area contributed by atoms with Crippen LogP contribution in [-0.4, -0.2) is 17.5 Å². The first-order chi connectivity index (χ1) is 15.0. The van der Waals surface area contributed by atoms with Crippen molar-refractivity contribution in [1.29, 1.82) is 0 Å². The van der Waals surface area contributed by atoms with Gasteiger partial charge in [0.05, 0.1) is 0 Å². The molecule has 0 atom stereocenters. The number of rotatable bonds is 6. The zero-order valence-electron chi connectivity index (χ0n) is 20.7. The summed E-state index contributed by atoms with van der Waals surface area (Å²) >= 11 is 15.0. The zero-order valence-corrected chi connectivity index (χ0v) is 23.4. The van der Waals surface area contributed by atoms with E-state index < -0.39 is 7.02 Å². The number of allylic oxidation sites excluding steroid dienone is 1. The Labute approximate surface area is 205 Å². The van der Waals surface area contributed by atoms with Gasteiger partial charge in [-0.3, -0.25) is 0 Å². The number of para-hydroxylation sites is 2. The molecule has 2 aromatic carbocycles. The van der Waals surface area contributed by atoms with Gasteiger partial charge >= 0.3 is 206 Å². The molecule has 3 rings (SSSR count). The van der Waals surface area contributed by atoms with Crippen LogP contribution >= 0.6 is 22.2 Å². The standard InChI is InChI=1S/C27H38Cl2N2Si/c1-18(2)22-12-9-13-23(19(3)4)26(22)30-16-11-17-31(32(30,28)29)27-24(20(5)6)14-10-15-25(27)21(7)8/h9-21,32H,1-8H3. The second-order valence-electron chi connectivity index (χ2n) is 10.1. The number of benzene rings is 2. The molecule has 2 nitrogen and oxygen atoms in total. The predicted molar refractivity (Wildman–Crippen MR) is 146 cm³/mol. The summed E-state index contributed by atoms with van der Waals surface area (Å²) in [5.41, 5.74) is 7.50. The van der Waals surface area contributed by atoms with Crippen molar-refractivity contribution in [3.05, 3.63) is 70.9 Å². The zero-order chi connectivity index (χ0) is 23.8. The van der Waals surface area contributed by atoms with Crippen molar-refractivity contribution in [3.8, 4) is 0 Å². The summed E-state index contributed by atoms with van der Waals surface area (Å²) in [4.78, 5) is 0. The fraction of sp³-hybridized carbons (Fsp3) is 0.444. The van der Waals surface area contributed by atoms with Crippen LogP contribution in [0.25, 0.3) is 0 Å². The Hall–Kier alpha value is -1.55. The maximum absolute atomic E-state index is 7.48. The molecule has 1 aliphatic rings. The van der Waals surface area contributed by atoms with E-state index in [1.807, 2.05) is 0 Å². The molecule has 0 amide bonds. The van der Waals surface area contributed by atoms with Gasteiger partial charge in [-0.25, -0.2) is 0 Å². The Kier molecular flexibility index (Phi) is 7.64. The van der Waals surface area contributed by atoms with E-state index >= 15 is 0 Å². The Morgan fingerprint density at radius 2 is 1.09 bits per heavy atom. The third kappa shape index (κ3) is 4.57. The number of hydrogen-bond donors (Lipinski definition) is 0. The Morgan fingerprint density at radius 1 is 0.688 bits per heavy atom. The van der Waals surface area contributed by atoms with Crippen molar-refractivity contribution < 1.29 is 4.24 Å². The monoisotopic (exact) mass is 488 g/mol. The molecule has 1 heterocycles. The van der Waals surface area contributed by atoms with Crippen LogP contribution in [0.1, 0.15) is 101 Å². The maximum atomic E-state index is 7.48. The Morgan fingerprint density at radius 3 is 1.50 bits per heavy atom. The van der Waals surface area contributed by atoms with E-state index in [2.05, 4.69) is 119 Å². The van der Waals surface area contributed by atoms with Gasteiger partial charge in [-0.2, -0.15) is 0 Å². The summed E-state index contributed by atoms with van der Waals surface area (Å²) in [6.07, 6.45) is 6.26. The minimum absolute atomic E-state index is 0.369. The molecule has 0 unspecified atom stereocenters. The van der Waals surface area contributed by atoms with Crippen molar-refractivity contribution in [1.82, 2.24) is 0 Å². The fourth-order valence-electron chi connectivity index (χ4n) is 4.64. The van der Waals surface area contributed by atoms with Crippen LogP contribution in [0.15, 0.2) is 48.7 Å². The topological polar surface area (TPSA) is 6.25 Å². The minimum atomic E-state index is -3.54. The van der Waals surface area contributed by atoms with E-state index in [0.29, 0.717) is 23.7 Å². The first-order valence-electron chi connectivity index (χ1n) is 11.8. The molecule has 0 bridgehead atoms. The summed E-state index contributed by atoms with van der Waals surface area (Å²) in [5, 5.41) is 0. The van der Waals surface area contributed by atoms with Crippen LogP contribution in [0.2, 0.25) is 0 Å². The van der Waals surface area contributed by atoms with E-state index in [0.717, 1.165) is 0 Å². The van der Waals surface area contributed by atoms with E-state index in [-0.39, 0.29) is 0 Å². The van der Waals surface area contributed by atoms with Gasteiger partial charge in [-0.1, -0.05) is 0 Å². The van der Waals surface area contributed by atoms with Crippen molar-refractivity contribution in [2.24, 2.45) is 0 Å². The average molecular weight is 490 g/mol. The molecule has 1 aliphatic heterocycles. The van der Waals surface area contributed by atoms with E-state index in [1.165, 1.54) is 33.6 Å². The quantitative estimate of drug-likeness (QED) is 0.291. The Bertz CT molecular complexity index is 983. The molecule has 0 N–H and O–H groups in total. The van der Waals surface area contributed by atoms with Crippen molar-refractivity contribution >= 4 is 46.8 Å². The number of halogens is 2. The molecule has 5 heteroatoms. The van der Waals surface area contributed by atoms with Gasteiger partial charge in [0.25, 0.3) is 0 Å². The van der Waals surface area contributed by atoms with Crippen LogP contribution in [-0.2, 0) is 0 Å². The summed E-state index contributed by atoms with van der Waals surface area (Å²) in [6.45, 7) is 17.9. The normalized spacial score (nSPS) is 16.9. The van der Waals surface area contributed by atoms with Gasteiger partial charge in [0.2, 0.25) is 0 Å². The second-order valence-corrected chi connectivity index (χ2v) is 16.7. The Balaban J connectivity index is 2.27. The van der Waals surface area contributed by atoms with Crippen LogP contribution in [0.3, 0.4) is 0 Å². The van der Waals surface area contributed by atoms with Crippen LogP contribution in [0.5, 0.6) is 0 Å².